The molecule has 0 spiro atoms. The number of halogens is 1. The van der Waals surface area contributed by atoms with Gasteiger partial charge >= 0.3 is 0 Å². The van der Waals surface area contributed by atoms with E-state index >= 15 is 0 Å². The highest BCUT2D eigenvalue weighted by atomic mass is 35.5. The predicted octanol–water partition coefficient (Wildman–Crippen LogP) is 1.16. The van der Waals surface area contributed by atoms with Crippen LogP contribution in [0, 0.1) is 0 Å². The molecule has 1 aliphatic rings. The summed E-state index contributed by atoms with van der Waals surface area (Å²) in [5.41, 5.74) is 5.58. The fourth-order valence-corrected chi connectivity index (χ4v) is 2.99. The number of hydrogen-bond acceptors (Lipinski definition) is 6. The second-order valence-corrected chi connectivity index (χ2v) is 7.90. The van der Waals surface area contributed by atoms with Crippen molar-refractivity contribution in [3.05, 3.63) is 11.1 Å². The Morgan fingerprint density at radius 2 is 2.22 bits per heavy atom. The van der Waals surface area contributed by atoms with Crippen molar-refractivity contribution in [2.45, 2.75) is 25.4 Å². The van der Waals surface area contributed by atoms with Gasteiger partial charge in [0.2, 0.25) is 0 Å². The van der Waals surface area contributed by atoms with Gasteiger partial charge in [0.1, 0.15) is 9.84 Å². The standard InChI is InChI=1S/C10H17N3O2S2.ClH/c1-17(14,15)5-4-13(8-2-3-8)7-9-6-12-10(11)16-9;/h6,8H,2-5,7H2,1H3,(H2,11,12);1H. The summed E-state index contributed by atoms with van der Waals surface area (Å²) in [6.07, 6.45) is 5.38. The first-order valence-electron chi connectivity index (χ1n) is 5.56. The van der Waals surface area contributed by atoms with E-state index in [4.69, 9.17) is 5.73 Å². The predicted molar refractivity (Wildman–Crippen MR) is 76.9 cm³/mol. The second-order valence-electron chi connectivity index (χ2n) is 4.50. The van der Waals surface area contributed by atoms with Crippen molar-refractivity contribution in [2.75, 3.05) is 24.3 Å². The van der Waals surface area contributed by atoms with E-state index in [2.05, 4.69) is 9.88 Å². The van der Waals surface area contributed by atoms with Gasteiger partial charge in [0.25, 0.3) is 0 Å². The molecule has 18 heavy (non-hydrogen) atoms. The average Bonchev–Trinajstić information content (AvgIpc) is 2.97. The first-order chi connectivity index (χ1) is 7.94. The highest BCUT2D eigenvalue weighted by Gasteiger charge is 2.29. The summed E-state index contributed by atoms with van der Waals surface area (Å²) in [5, 5.41) is 0.568. The van der Waals surface area contributed by atoms with Gasteiger partial charge in [0.15, 0.2) is 5.13 Å². The van der Waals surface area contributed by atoms with E-state index in [-0.39, 0.29) is 18.2 Å². The summed E-state index contributed by atoms with van der Waals surface area (Å²) in [6.45, 7) is 1.36. The van der Waals surface area contributed by atoms with Crippen LogP contribution in [0.2, 0.25) is 0 Å². The molecule has 1 aromatic rings. The Labute approximate surface area is 118 Å². The lowest BCUT2D eigenvalue weighted by Crippen LogP contribution is -2.30. The number of thiazole rings is 1. The fraction of sp³-hybridized carbons (Fsp3) is 0.700. The van der Waals surface area contributed by atoms with Crippen molar-refractivity contribution in [1.82, 2.24) is 9.88 Å². The number of anilines is 1. The van der Waals surface area contributed by atoms with Crippen molar-refractivity contribution in [3.8, 4) is 0 Å². The fourth-order valence-electron chi connectivity index (χ4n) is 1.71. The van der Waals surface area contributed by atoms with E-state index in [0.717, 1.165) is 24.3 Å². The van der Waals surface area contributed by atoms with Crippen LogP contribution in [-0.4, -0.2) is 42.9 Å². The summed E-state index contributed by atoms with van der Waals surface area (Å²) in [5.74, 6) is 0.220. The molecule has 5 nitrogen and oxygen atoms in total. The Balaban J connectivity index is 0.00000162. The zero-order valence-electron chi connectivity index (χ0n) is 10.2. The average molecular weight is 312 g/mol. The Hall–Kier alpha value is -0.370. The van der Waals surface area contributed by atoms with Crippen molar-refractivity contribution in [1.29, 1.82) is 0 Å². The molecular weight excluding hydrogens is 294 g/mol. The second kappa shape index (κ2) is 6.18. The number of sulfone groups is 1. The molecule has 0 saturated heterocycles. The van der Waals surface area contributed by atoms with Gasteiger partial charge in [-0.3, -0.25) is 4.90 Å². The molecule has 1 saturated carbocycles. The summed E-state index contributed by atoms with van der Waals surface area (Å²) >= 11 is 1.47. The van der Waals surface area contributed by atoms with Crippen LogP contribution in [0.4, 0.5) is 5.13 Å². The number of nitrogens with zero attached hydrogens (tertiary/aromatic N) is 2. The molecule has 1 fully saturated rings. The molecule has 2 rings (SSSR count). The summed E-state index contributed by atoms with van der Waals surface area (Å²) < 4.78 is 22.4. The summed E-state index contributed by atoms with van der Waals surface area (Å²) in [7, 11) is -2.89. The molecule has 0 aliphatic heterocycles. The first-order valence-corrected chi connectivity index (χ1v) is 8.44. The highest BCUT2D eigenvalue weighted by Crippen LogP contribution is 2.29. The minimum Gasteiger partial charge on any atom is -0.375 e. The zero-order valence-corrected chi connectivity index (χ0v) is 12.7. The largest absolute Gasteiger partial charge is 0.375 e. The third-order valence-electron chi connectivity index (χ3n) is 2.74. The van der Waals surface area contributed by atoms with Crippen LogP contribution in [0.15, 0.2) is 6.20 Å². The molecule has 0 bridgehead atoms. The van der Waals surface area contributed by atoms with E-state index in [1.807, 2.05) is 0 Å². The SMILES string of the molecule is CS(=O)(=O)CCN(Cc1cnc(N)s1)C1CC1.Cl. The molecule has 0 amide bonds. The third-order valence-corrected chi connectivity index (χ3v) is 4.48. The van der Waals surface area contributed by atoms with Gasteiger partial charge in [-0.2, -0.15) is 0 Å². The smallest absolute Gasteiger partial charge is 0.180 e. The van der Waals surface area contributed by atoms with Crippen LogP contribution in [0.3, 0.4) is 0 Å². The Kier molecular flexibility index (Phi) is 5.39. The van der Waals surface area contributed by atoms with Gasteiger partial charge < -0.3 is 5.73 Å². The zero-order chi connectivity index (χ0) is 12.5. The molecule has 2 N–H and O–H groups in total. The van der Waals surface area contributed by atoms with Gasteiger partial charge in [-0.25, -0.2) is 13.4 Å². The normalized spacial score (nSPS) is 15.7. The lowest BCUT2D eigenvalue weighted by molar-refractivity contribution is 0.272. The molecule has 1 heterocycles. The number of aromatic nitrogens is 1. The molecule has 0 radical (unpaired) electrons. The number of rotatable bonds is 6. The highest BCUT2D eigenvalue weighted by molar-refractivity contribution is 7.90. The van der Waals surface area contributed by atoms with Crippen molar-refractivity contribution >= 4 is 38.7 Å². The monoisotopic (exact) mass is 311 g/mol. The maximum atomic E-state index is 11.2. The molecule has 0 atom stereocenters. The molecule has 1 aliphatic carbocycles. The summed E-state index contributed by atoms with van der Waals surface area (Å²) in [6, 6.07) is 0.542. The van der Waals surface area contributed by atoms with Crippen LogP contribution in [0.5, 0.6) is 0 Å². The van der Waals surface area contributed by atoms with Crippen LogP contribution >= 0.6 is 23.7 Å². The van der Waals surface area contributed by atoms with Gasteiger partial charge in [-0.1, -0.05) is 0 Å². The van der Waals surface area contributed by atoms with Crippen LogP contribution in [0.25, 0.3) is 0 Å². The molecule has 8 heteroatoms. The molecule has 0 unspecified atom stereocenters. The van der Waals surface area contributed by atoms with Crippen LogP contribution in [-0.2, 0) is 16.4 Å². The van der Waals surface area contributed by atoms with Crippen molar-refractivity contribution in [3.63, 3.8) is 0 Å². The Morgan fingerprint density at radius 3 is 2.67 bits per heavy atom. The number of nitrogens with two attached hydrogens (primary N) is 1. The van der Waals surface area contributed by atoms with Gasteiger partial charge in [0.05, 0.1) is 5.75 Å². The Morgan fingerprint density at radius 1 is 1.56 bits per heavy atom. The van der Waals surface area contributed by atoms with E-state index in [1.165, 1.54) is 17.6 Å². The van der Waals surface area contributed by atoms with E-state index in [0.29, 0.717) is 17.7 Å². The number of hydrogen-bond donors (Lipinski definition) is 1. The molecule has 0 aromatic carbocycles. The minimum atomic E-state index is -2.89. The quantitative estimate of drug-likeness (QED) is 0.853. The maximum absolute atomic E-state index is 11.2. The Bertz CT molecular complexity index is 485. The minimum absolute atomic E-state index is 0. The molecular formula is C10H18ClN3O2S2. The van der Waals surface area contributed by atoms with Crippen molar-refractivity contribution < 1.29 is 8.42 Å². The third kappa shape index (κ3) is 5.09. The molecule has 104 valence electrons. The van der Waals surface area contributed by atoms with Gasteiger partial charge in [-0.15, -0.1) is 23.7 Å². The van der Waals surface area contributed by atoms with Gasteiger partial charge in [0, 0.05) is 36.5 Å². The van der Waals surface area contributed by atoms with Crippen LogP contribution < -0.4 is 5.73 Å². The maximum Gasteiger partial charge on any atom is 0.180 e. The first kappa shape index (κ1) is 15.7. The lowest BCUT2D eigenvalue weighted by Gasteiger charge is -2.20. The van der Waals surface area contributed by atoms with Crippen LogP contribution in [0.1, 0.15) is 17.7 Å². The van der Waals surface area contributed by atoms with E-state index in [1.54, 1.807) is 6.20 Å². The number of nitrogen functional groups attached to an aromatic ring is 1. The summed E-state index contributed by atoms with van der Waals surface area (Å²) in [4.78, 5) is 7.33. The van der Waals surface area contributed by atoms with E-state index < -0.39 is 9.84 Å². The van der Waals surface area contributed by atoms with Crippen molar-refractivity contribution in [2.24, 2.45) is 0 Å². The lowest BCUT2D eigenvalue weighted by atomic mass is 10.4. The van der Waals surface area contributed by atoms with Gasteiger partial charge in [-0.05, 0) is 12.8 Å². The topological polar surface area (TPSA) is 76.3 Å². The van der Waals surface area contributed by atoms with E-state index in [9.17, 15) is 8.42 Å². The molecule has 1 aromatic heterocycles.